The van der Waals surface area contributed by atoms with Crippen LogP contribution in [0.3, 0.4) is 0 Å². The molecular weight excluding hydrogens is 600 g/mol. The Balaban J connectivity index is 3.65. The number of carbonyl (C=O) groups excluding carboxylic acids is 4. The van der Waals surface area contributed by atoms with E-state index in [1.807, 2.05) is 20.8 Å². The van der Waals surface area contributed by atoms with Crippen LogP contribution in [0.25, 0.3) is 0 Å². The van der Waals surface area contributed by atoms with E-state index >= 15 is 0 Å². The molecule has 0 radical (unpaired) electrons. The summed E-state index contributed by atoms with van der Waals surface area (Å²) >= 11 is 0. The van der Waals surface area contributed by atoms with E-state index in [0.717, 1.165) is 0 Å². The quantitative estimate of drug-likeness (QED) is 0.0526. The van der Waals surface area contributed by atoms with Crippen LogP contribution in [0.1, 0.15) is 59.8 Å². The average molecular weight is 655 g/mol. The molecule has 0 aromatic rings. The topological polar surface area (TPSA) is 208 Å². The fraction of sp³-hybridized carbons (Fsp3) is 0.857. The van der Waals surface area contributed by atoms with Gasteiger partial charge >= 0.3 is 0 Å². The van der Waals surface area contributed by atoms with Crippen LogP contribution in [0.2, 0.25) is 0 Å². The third-order valence-corrected chi connectivity index (χ3v) is 6.89. The number of hydrogen-bond acceptors (Lipinski definition) is 11. The number of amides is 3. The first-order valence-corrected chi connectivity index (χ1v) is 16.8. The van der Waals surface area contributed by atoms with Gasteiger partial charge in [0.15, 0.2) is 5.78 Å². The molecule has 0 aliphatic carbocycles. The lowest BCUT2D eigenvalue weighted by molar-refractivity contribution is -0.129. The van der Waals surface area contributed by atoms with Crippen LogP contribution in [0.5, 0.6) is 0 Å². The Labute approximate surface area is 262 Å². The predicted molar refractivity (Wildman–Crippen MR) is 164 cm³/mol. The molecule has 5 N–H and O–H groups in total. The number of hydrogen-bond donors (Lipinski definition) is 5. The van der Waals surface area contributed by atoms with E-state index in [-0.39, 0.29) is 74.7 Å². The van der Waals surface area contributed by atoms with E-state index in [9.17, 15) is 27.6 Å². The highest BCUT2D eigenvalue weighted by Crippen LogP contribution is 2.06. The molecule has 0 aliphatic heterocycles. The first-order valence-electron chi connectivity index (χ1n) is 15.2. The second kappa shape index (κ2) is 26.1. The number of likely N-dealkylation sites (N-methyl/N-ethyl adjacent to an activating group) is 1. The first-order chi connectivity index (χ1) is 20.9. The molecule has 44 heavy (non-hydrogen) atoms. The standard InChI is InChI=1S/C28H54N4O11S/c1-5-29-27(22(2)3)28(36)32-24(23(4)33)8-6-7-11-30-25(34)9-13-40-15-17-42-19-20-43-18-16-41-14-10-26(35)31-12-21-44(37,38)39/h22,24,27,29H,5-21H2,1-4H3,(H,30,34)(H,31,35)(H,32,36)(H,37,38,39)/t24-,27-/m0/s1. The SMILES string of the molecule is CCN[C@H](C(=O)N[C@@H](CCCCNC(=O)CCOCCOCCOCCOCCC(=O)NCCS(=O)(=O)O)C(C)=O)C(C)C. The second-order valence-electron chi connectivity index (χ2n) is 10.4. The molecule has 0 aromatic carbocycles. The normalized spacial score (nSPS) is 13.0. The lowest BCUT2D eigenvalue weighted by atomic mass is 10.0. The van der Waals surface area contributed by atoms with Gasteiger partial charge in [-0.1, -0.05) is 20.8 Å². The summed E-state index contributed by atoms with van der Waals surface area (Å²) in [5.74, 6) is -1.19. The van der Waals surface area contributed by atoms with Gasteiger partial charge in [-0.15, -0.1) is 0 Å². The van der Waals surface area contributed by atoms with Gasteiger partial charge < -0.3 is 40.2 Å². The molecule has 0 fully saturated rings. The van der Waals surface area contributed by atoms with Gasteiger partial charge in [-0.05, 0) is 38.6 Å². The van der Waals surface area contributed by atoms with Crippen molar-refractivity contribution in [2.24, 2.45) is 5.92 Å². The van der Waals surface area contributed by atoms with Gasteiger partial charge in [-0.25, -0.2) is 0 Å². The minimum Gasteiger partial charge on any atom is -0.379 e. The molecule has 0 aliphatic rings. The molecule has 0 aromatic heterocycles. The van der Waals surface area contributed by atoms with Gasteiger partial charge in [-0.3, -0.25) is 23.7 Å². The number of rotatable bonds is 29. The van der Waals surface area contributed by atoms with Crippen LogP contribution in [0.4, 0.5) is 0 Å². The van der Waals surface area contributed by atoms with Gasteiger partial charge in [0, 0.05) is 25.9 Å². The highest BCUT2D eigenvalue weighted by Gasteiger charge is 2.25. The van der Waals surface area contributed by atoms with E-state index in [1.54, 1.807) is 0 Å². The second-order valence-corrected chi connectivity index (χ2v) is 12.0. The Morgan fingerprint density at radius 1 is 0.750 bits per heavy atom. The van der Waals surface area contributed by atoms with Crippen LogP contribution in [-0.4, -0.2) is 127 Å². The van der Waals surface area contributed by atoms with E-state index in [4.69, 9.17) is 23.5 Å². The predicted octanol–water partition coefficient (Wildman–Crippen LogP) is -0.169. The molecule has 16 heteroatoms. The Hall–Kier alpha value is -2.21. The molecule has 0 rings (SSSR count). The van der Waals surface area contributed by atoms with Crippen molar-refractivity contribution in [2.45, 2.75) is 71.9 Å². The van der Waals surface area contributed by atoms with Crippen LogP contribution < -0.4 is 21.3 Å². The average Bonchev–Trinajstić information content (AvgIpc) is 2.94. The third-order valence-electron chi connectivity index (χ3n) is 6.17. The third kappa shape index (κ3) is 25.2. The lowest BCUT2D eigenvalue weighted by Crippen LogP contribution is -2.51. The number of unbranched alkanes of at least 4 members (excludes halogenated alkanes) is 1. The summed E-state index contributed by atoms with van der Waals surface area (Å²) < 4.78 is 51.1. The van der Waals surface area contributed by atoms with Crippen LogP contribution in [0.15, 0.2) is 0 Å². The van der Waals surface area contributed by atoms with Crippen molar-refractivity contribution in [3.8, 4) is 0 Å². The zero-order valence-corrected chi connectivity index (χ0v) is 27.5. The first kappa shape index (κ1) is 41.8. The van der Waals surface area contributed by atoms with Crippen molar-refractivity contribution in [3.63, 3.8) is 0 Å². The Bertz CT molecular complexity index is 919. The summed E-state index contributed by atoms with van der Waals surface area (Å²) in [4.78, 5) is 48.0. The van der Waals surface area contributed by atoms with Gasteiger partial charge in [0.2, 0.25) is 17.7 Å². The van der Waals surface area contributed by atoms with Crippen LogP contribution in [-0.2, 0) is 48.2 Å². The van der Waals surface area contributed by atoms with Crippen molar-refractivity contribution in [1.29, 1.82) is 0 Å². The number of ether oxygens (including phenoxy) is 4. The Morgan fingerprint density at radius 3 is 1.66 bits per heavy atom. The maximum Gasteiger partial charge on any atom is 0.266 e. The molecule has 0 spiro atoms. The summed E-state index contributed by atoms with van der Waals surface area (Å²) in [5, 5.41) is 11.2. The lowest BCUT2D eigenvalue weighted by Gasteiger charge is -2.24. The number of carbonyl (C=O) groups is 4. The zero-order chi connectivity index (χ0) is 33.2. The molecule has 0 saturated carbocycles. The Morgan fingerprint density at radius 2 is 1.23 bits per heavy atom. The van der Waals surface area contributed by atoms with Crippen LogP contribution in [0, 0.1) is 5.92 Å². The van der Waals surface area contributed by atoms with Crippen molar-refractivity contribution >= 4 is 33.6 Å². The van der Waals surface area contributed by atoms with E-state index in [0.29, 0.717) is 65.4 Å². The van der Waals surface area contributed by atoms with Gasteiger partial charge in [0.1, 0.15) is 0 Å². The zero-order valence-electron chi connectivity index (χ0n) is 26.7. The van der Waals surface area contributed by atoms with Gasteiger partial charge in [-0.2, -0.15) is 8.42 Å². The minimum atomic E-state index is -4.10. The molecule has 15 nitrogen and oxygen atoms in total. The highest BCUT2D eigenvalue weighted by molar-refractivity contribution is 7.85. The molecule has 0 unspecified atom stereocenters. The summed E-state index contributed by atoms with van der Waals surface area (Å²) in [6.45, 7) is 10.8. The maximum atomic E-state index is 12.6. The van der Waals surface area contributed by atoms with Crippen LogP contribution >= 0.6 is 0 Å². The number of nitrogens with one attached hydrogen (secondary N) is 4. The summed E-state index contributed by atoms with van der Waals surface area (Å²) in [5.41, 5.74) is 0. The van der Waals surface area contributed by atoms with E-state index < -0.39 is 21.9 Å². The molecule has 2 atom stereocenters. The summed E-state index contributed by atoms with van der Waals surface area (Å²) in [6, 6.07) is -0.886. The van der Waals surface area contributed by atoms with E-state index in [2.05, 4.69) is 21.3 Å². The van der Waals surface area contributed by atoms with E-state index in [1.165, 1.54) is 6.92 Å². The highest BCUT2D eigenvalue weighted by atomic mass is 32.2. The number of Topliss-reactive ketones (excluding diaryl/α,β-unsaturated/α-hetero) is 1. The maximum absolute atomic E-state index is 12.6. The van der Waals surface area contributed by atoms with Gasteiger partial charge in [0.05, 0.1) is 70.7 Å². The molecule has 3 amide bonds. The number of ketones is 1. The minimum absolute atomic E-state index is 0.0671. The smallest absolute Gasteiger partial charge is 0.266 e. The summed E-state index contributed by atoms with van der Waals surface area (Å²) in [7, 11) is -4.10. The van der Waals surface area contributed by atoms with Crippen molar-refractivity contribution in [3.05, 3.63) is 0 Å². The molecular formula is C28H54N4O11S. The molecule has 0 saturated heterocycles. The molecule has 258 valence electrons. The molecule has 0 bridgehead atoms. The van der Waals surface area contributed by atoms with Crippen molar-refractivity contribution in [1.82, 2.24) is 21.3 Å². The van der Waals surface area contributed by atoms with Crippen molar-refractivity contribution < 1.29 is 51.1 Å². The Kier molecular flexibility index (Phi) is 24.7. The fourth-order valence-electron chi connectivity index (χ4n) is 3.78. The monoisotopic (exact) mass is 654 g/mol. The largest absolute Gasteiger partial charge is 0.379 e. The van der Waals surface area contributed by atoms with Crippen molar-refractivity contribution in [2.75, 3.05) is 78.2 Å². The summed E-state index contributed by atoms with van der Waals surface area (Å²) in [6.07, 6.45) is 2.18. The molecule has 0 heterocycles. The van der Waals surface area contributed by atoms with Gasteiger partial charge in [0.25, 0.3) is 10.1 Å². The fourth-order valence-corrected chi connectivity index (χ4v) is 4.14.